The predicted molar refractivity (Wildman–Crippen MR) is 61.3 cm³/mol. The van der Waals surface area contributed by atoms with Gasteiger partial charge < -0.3 is 0 Å². The third kappa shape index (κ3) is 1.26. The number of hydrazone groups is 1. The van der Waals surface area contributed by atoms with E-state index in [-0.39, 0.29) is 5.82 Å². The van der Waals surface area contributed by atoms with Crippen molar-refractivity contribution >= 4 is 28.1 Å². The quantitative estimate of drug-likeness (QED) is 0.691. The Bertz CT molecular complexity index is 610. The fraction of sp³-hybridized carbons (Fsp3) is 0.200. The van der Waals surface area contributed by atoms with Crippen molar-refractivity contribution in [2.24, 2.45) is 10.1 Å². The first-order valence-corrected chi connectivity index (χ1v) is 5.54. The van der Waals surface area contributed by atoms with Crippen LogP contribution < -0.4 is 10.6 Å². The molecule has 1 aromatic rings. The molecular formula is C10H8BrFN4. The van der Waals surface area contributed by atoms with E-state index in [1.165, 1.54) is 12.1 Å². The van der Waals surface area contributed by atoms with Crippen molar-refractivity contribution in [2.75, 3.05) is 13.7 Å². The predicted octanol–water partition coefficient (Wildman–Crippen LogP) is 0.435. The lowest BCUT2D eigenvalue weighted by molar-refractivity contribution is 0.451. The summed E-state index contributed by atoms with van der Waals surface area (Å²) in [5.74, 6) is 0.584. The molecule has 0 radical (unpaired) electrons. The molecule has 82 valence electrons. The van der Waals surface area contributed by atoms with Gasteiger partial charge in [0.1, 0.15) is 24.6 Å². The monoisotopic (exact) mass is 282 g/mol. The second kappa shape index (κ2) is 3.28. The van der Waals surface area contributed by atoms with Gasteiger partial charge in [0.2, 0.25) is 0 Å². The van der Waals surface area contributed by atoms with Crippen LogP contribution in [0.4, 0.5) is 4.39 Å². The summed E-state index contributed by atoms with van der Waals surface area (Å²) < 4.78 is 14.1. The molecule has 0 saturated carbocycles. The topological polar surface area (TPSA) is 31.2 Å². The molecule has 0 saturated heterocycles. The molecule has 0 aromatic heterocycles. The Kier molecular flexibility index (Phi) is 2.00. The van der Waals surface area contributed by atoms with E-state index in [0.717, 1.165) is 16.4 Å². The fourth-order valence-electron chi connectivity index (χ4n) is 1.91. The van der Waals surface area contributed by atoms with Crippen molar-refractivity contribution in [3.8, 4) is 0 Å². The molecule has 16 heavy (non-hydrogen) atoms. The molecule has 0 N–H and O–H groups in total. The van der Waals surface area contributed by atoms with Gasteiger partial charge in [-0.15, -0.1) is 0 Å². The van der Waals surface area contributed by atoms with Gasteiger partial charge in [-0.25, -0.2) is 4.39 Å². The molecule has 0 bridgehead atoms. The van der Waals surface area contributed by atoms with Crippen molar-refractivity contribution in [2.45, 2.75) is 0 Å². The summed E-state index contributed by atoms with van der Waals surface area (Å²) in [5, 5.41) is 7.40. The van der Waals surface area contributed by atoms with Crippen LogP contribution in [0.2, 0.25) is 0 Å². The van der Waals surface area contributed by atoms with Crippen molar-refractivity contribution in [1.82, 2.24) is 9.91 Å². The fourth-order valence-corrected chi connectivity index (χ4v) is 2.47. The van der Waals surface area contributed by atoms with Crippen LogP contribution in [-0.4, -0.2) is 30.0 Å². The highest BCUT2D eigenvalue weighted by molar-refractivity contribution is 9.10. The summed E-state index contributed by atoms with van der Waals surface area (Å²) in [6.45, 7) is 0.514. The third-order valence-electron chi connectivity index (χ3n) is 2.59. The molecule has 0 amide bonds. The Balaban J connectivity index is 2.44. The summed E-state index contributed by atoms with van der Waals surface area (Å²) in [6, 6.07) is 2.91. The van der Waals surface area contributed by atoms with E-state index in [9.17, 15) is 4.39 Å². The average Bonchev–Trinajstić information content (AvgIpc) is 2.60. The normalized spacial score (nSPS) is 17.3. The van der Waals surface area contributed by atoms with Gasteiger partial charge in [-0.05, 0) is 28.1 Å². The summed E-state index contributed by atoms with van der Waals surface area (Å²) in [4.78, 5) is 6.27. The first-order chi connectivity index (χ1) is 7.66. The van der Waals surface area contributed by atoms with E-state index >= 15 is 0 Å². The molecule has 2 aliphatic rings. The third-order valence-corrected chi connectivity index (χ3v) is 3.20. The molecule has 0 unspecified atom stereocenters. The molecule has 3 rings (SSSR count). The summed E-state index contributed by atoms with van der Waals surface area (Å²) in [6.07, 6.45) is 1.70. The maximum absolute atomic E-state index is 13.4. The van der Waals surface area contributed by atoms with E-state index < -0.39 is 0 Å². The number of hydrogen-bond donors (Lipinski definition) is 0. The zero-order valence-electron chi connectivity index (χ0n) is 8.48. The van der Waals surface area contributed by atoms with Crippen LogP contribution >= 0.6 is 15.9 Å². The van der Waals surface area contributed by atoms with Crippen molar-refractivity contribution in [3.05, 3.63) is 33.0 Å². The van der Waals surface area contributed by atoms with E-state index in [2.05, 4.69) is 26.0 Å². The lowest BCUT2D eigenvalue weighted by atomic mass is 10.2. The van der Waals surface area contributed by atoms with Crippen LogP contribution in [0.5, 0.6) is 0 Å². The molecule has 2 heterocycles. The van der Waals surface area contributed by atoms with Gasteiger partial charge in [-0.1, -0.05) is 0 Å². The molecule has 0 aliphatic carbocycles. The maximum atomic E-state index is 13.4. The Morgan fingerprint density at radius 2 is 2.25 bits per heavy atom. The number of nitrogens with zero attached hydrogens (tertiary/aromatic N) is 4. The van der Waals surface area contributed by atoms with Gasteiger partial charge in [0.25, 0.3) is 0 Å². The molecule has 6 heteroatoms. The Morgan fingerprint density at radius 1 is 1.44 bits per heavy atom. The lowest BCUT2D eigenvalue weighted by Crippen LogP contribution is -2.42. The maximum Gasteiger partial charge on any atom is 0.141 e. The highest BCUT2D eigenvalue weighted by Gasteiger charge is 2.22. The molecule has 0 atom stereocenters. The van der Waals surface area contributed by atoms with Crippen LogP contribution in [0.3, 0.4) is 0 Å². The second-order valence-corrected chi connectivity index (χ2v) is 4.49. The Morgan fingerprint density at radius 3 is 3.06 bits per heavy atom. The SMILES string of the molecule is CN1N=CN2CN=c3c(Br)cc(F)cc3=C21. The molecule has 2 aliphatic heterocycles. The number of halogens is 2. The second-order valence-electron chi connectivity index (χ2n) is 3.63. The van der Waals surface area contributed by atoms with Gasteiger partial charge in [0.15, 0.2) is 0 Å². The summed E-state index contributed by atoms with van der Waals surface area (Å²) in [7, 11) is 1.83. The van der Waals surface area contributed by atoms with E-state index in [1.807, 2.05) is 11.9 Å². The number of rotatable bonds is 0. The van der Waals surface area contributed by atoms with Crippen LogP contribution in [0, 0.1) is 5.82 Å². The van der Waals surface area contributed by atoms with Gasteiger partial charge in [0.05, 0.1) is 5.36 Å². The minimum atomic E-state index is -0.282. The van der Waals surface area contributed by atoms with Crippen LogP contribution in [0.1, 0.15) is 0 Å². The minimum Gasteiger partial charge on any atom is -0.295 e. The van der Waals surface area contributed by atoms with Gasteiger partial charge in [-0.3, -0.25) is 14.9 Å². The van der Waals surface area contributed by atoms with Crippen LogP contribution in [0.15, 0.2) is 26.7 Å². The Hall–Kier alpha value is -1.43. The summed E-state index contributed by atoms with van der Waals surface area (Å²) >= 11 is 3.32. The van der Waals surface area contributed by atoms with Crippen molar-refractivity contribution in [3.63, 3.8) is 0 Å². The number of fused-ring (bicyclic) bond motifs is 2. The van der Waals surface area contributed by atoms with Gasteiger partial charge in [0, 0.05) is 16.7 Å². The molecular weight excluding hydrogens is 275 g/mol. The number of hydrogen-bond acceptors (Lipinski definition) is 4. The highest BCUT2D eigenvalue weighted by Crippen LogP contribution is 2.16. The van der Waals surface area contributed by atoms with E-state index in [1.54, 1.807) is 11.3 Å². The first kappa shape index (κ1) is 9.77. The highest BCUT2D eigenvalue weighted by atomic mass is 79.9. The zero-order chi connectivity index (χ0) is 11.3. The molecule has 0 fully saturated rings. The molecule has 0 spiro atoms. The largest absolute Gasteiger partial charge is 0.295 e. The van der Waals surface area contributed by atoms with E-state index in [4.69, 9.17) is 0 Å². The zero-order valence-corrected chi connectivity index (χ0v) is 10.1. The lowest BCUT2D eigenvalue weighted by Gasteiger charge is -2.21. The first-order valence-electron chi connectivity index (χ1n) is 4.75. The van der Waals surface area contributed by atoms with Crippen LogP contribution in [-0.2, 0) is 0 Å². The van der Waals surface area contributed by atoms with Gasteiger partial charge in [-0.2, -0.15) is 5.10 Å². The molecule has 1 aromatic carbocycles. The van der Waals surface area contributed by atoms with Crippen molar-refractivity contribution in [1.29, 1.82) is 0 Å². The minimum absolute atomic E-state index is 0.282. The smallest absolute Gasteiger partial charge is 0.141 e. The number of benzene rings is 1. The summed E-state index contributed by atoms with van der Waals surface area (Å²) in [5.41, 5.74) is 0. The van der Waals surface area contributed by atoms with Crippen molar-refractivity contribution < 1.29 is 4.39 Å². The van der Waals surface area contributed by atoms with Crippen LogP contribution in [0.25, 0.3) is 5.82 Å². The van der Waals surface area contributed by atoms with Gasteiger partial charge >= 0.3 is 0 Å². The standard InChI is InChI=1S/C10H8BrFN4/c1-15-10-7-2-6(12)3-8(11)9(7)13-4-16(10)5-14-15/h2-3,5H,4H2,1H3. The van der Waals surface area contributed by atoms with E-state index in [0.29, 0.717) is 11.1 Å². The average molecular weight is 283 g/mol. The Labute approximate surface area is 99.5 Å². The molecule has 4 nitrogen and oxygen atoms in total.